The van der Waals surface area contributed by atoms with E-state index >= 15 is 0 Å². The maximum absolute atomic E-state index is 5.92. The summed E-state index contributed by atoms with van der Waals surface area (Å²) in [7, 11) is 0. The molecule has 0 bridgehead atoms. The zero-order valence-electron chi connectivity index (χ0n) is 10.2. The van der Waals surface area contributed by atoms with Gasteiger partial charge in [0.15, 0.2) is 5.65 Å². The van der Waals surface area contributed by atoms with Crippen LogP contribution in [0.3, 0.4) is 0 Å². The Kier molecular flexibility index (Phi) is 3.33. The second kappa shape index (κ2) is 5.27. The zero-order chi connectivity index (χ0) is 13.1. The Morgan fingerprint density at radius 1 is 1.16 bits per heavy atom. The molecule has 3 N–H and O–H groups in total. The van der Waals surface area contributed by atoms with Crippen LogP contribution in [0.4, 0.5) is 5.69 Å². The first-order valence-corrected chi connectivity index (χ1v) is 6.93. The van der Waals surface area contributed by atoms with Crippen molar-refractivity contribution in [2.75, 3.05) is 11.5 Å². The van der Waals surface area contributed by atoms with Crippen LogP contribution in [-0.4, -0.2) is 25.7 Å². The molecule has 0 saturated heterocycles. The third-order valence-electron chi connectivity index (χ3n) is 2.85. The van der Waals surface area contributed by atoms with Crippen molar-refractivity contribution in [3.63, 3.8) is 0 Å². The Hall–Kier alpha value is -2.08. The highest BCUT2D eigenvalue weighted by Crippen LogP contribution is 2.23. The smallest absolute Gasteiger partial charge is 0.181 e. The average Bonchev–Trinajstić information content (AvgIpc) is 2.90. The predicted octanol–water partition coefficient (Wildman–Crippen LogP) is 2.27. The average molecular weight is 271 g/mol. The summed E-state index contributed by atoms with van der Waals surface area (Å²) in [5, 5.41) is 0.928. The van der Waals surface area contributed by atoms with Crippen molar-refractivity contribution in [2.24, 2.45) is 0 Å². The Labute approximate surface area is 114 Å². The number of H-pyrrole nitrogens is 1. The van der Waals surface area contributed by atoms with Crippen molar-refractivity contribution in [1.29, 1.82) is 0 Å². The molecule has 0 fully saturated rings. The van der Waals surface area contributed by atoms with Gasteiger partial charge in [0.25, 0.3) is 0 Å². The van der Waals surface area contributed by atoms with Gasteiger partial charge in [-0.05, 0) is 18.1 Å². The molecule has 0 aliphatic carbocycles. The second-order valence-electron chi connectivity index (χ2n) is 4.08. The number of aromatic nitrogens is 4. The molecule has 0 atom stereocenters. The van der Waals surface area contributed by atoms with E-state index in [-0.39, 0.29) is 0 Å². The van der Waals surface area contributed by atoms with E-state index in [1.807, 2.05) is 18.2 Å². The molecule has 0 amide bonds. The van der Waals surface area contributed by atoms with Crippen LogP contribution in [0.15, 0.2) is 41.9 Å². The Bertz CT molecular complexity index is 694. The minimum atomic E-state index is 0.705. The van der Waals surface area contributed by atoms with Crippen molar-refractivity contribution in [3.8, 4) is 0 Å². The second-order valence-corrected chi connectivity index (χ2v) is 5.16. The molecule has 96 valence electrons. The quantitative estimate of drug-likeness (QED) is 0.432. The highest BCUT2D eigenvalue weighted by molar-refractivity contribution is 7.99. The topological polar surface area (TPSA) is 80.5 Å². The minimum Gasteiger partial charge on any atom is -0.399 e. The lowest BCUT2D eigenvalue weighted by Crippen LogP contribution is -1.96. The van der Waals surface area contributed by atoms with Crippen molar-refractivity contribution in [2.45, 2.75) is 11.4 Å². The number of nitrogens with zero attached hydrogens (tertiary/aromatic N) is 3. The van der Waals surface area contributed by atoms with Crippen molar-refractivity contribution in [1.82, 2.24) is 19.9 Å². The lowest BCUT2D eigenvalue weighted by Gasteiger charge is -2.05. The van der Waals surface area contributed by atoms with Crippen LogP contribution < -0.4 is 5.73 Å². The van der Waals surface area contributed by atoms with Gasteiger partial charge in [-0.15, -0.1) is 11.8 Å². The van der Waals surface area contributed by atoms with E-state index in [0.717, 1.165) is 28.4 Å². The molecule has 0 unspecified atom stereocenters. The largest absolute Gasteiger partial charge is 0.399 e. The number of imidazole rings is 1. The van der Waals surface area contributed by atoms with Gasteiger partial charge in [0.05, 0.1) is 6.33 Å². The molecule has 19 heavy (non-hydrogen) atoms. The molecular weight excluding hydrogens is 258 g/mol. The standard InChI is InChI=1S/C13H13N5S/c14-10-4-2-1-3-9(10)5-6-19-13-11-12(16-7-15-11)17-8-18-13/h1-4,7-8H,5-6,14H2,(H,15,16,17,18). The summed E-state index contributed by atoms with van der Waals surface area (Å²) < 4.78 is 0. The monoisotopic (exact) mass is 271 g/mol. The third-order valence-corrected chi connectivity index (χ3v) is 3.84. The summed E-state index contributed by atoms with van der Waals surface area (Å²) in [5.41, 5.74) is 9.54. The van der Waals surface area contributed by atoms with E-state index in [1.165, 1.54) is 5.56 Å². The number of rotatable bonds is 4. The number of aromatic amines is 1. The molecule has 0 radical (unpaired) electrons. The van der Waals surface area contributed by atoms with Gasteiger partial charge in [-0.25, -0.2) is 15.0 Å². The maximum Gasteiger partial charge on any atom is 0.181 e. The van der Waals surface area contributed by atoms with Crippen LogP contribution in [0.1, 0.15) is 5.56 Å². The third kappa shape index (κ3) is 2.53. The zero-order valence-corrected chi connectivity index (χ0v) is 11.0. The molecule has 0 aliphatic rings. The molecule has 3 rings (SSSR count). The summed E-state index contributed by atoms with van der Waals surface area (Å²) in [6.45, 7) is 0. The van der Waals surface area contributed by atoms with Gasteiger partial charge < -0.3 is 10.7 Å². The lowest BCUT2D eigenvalue weighted by atomic mass is 10.1. The maximum atomic E-state index is 5.92. The molecular formula is C13H13N5S. The Morgan fingerprint density at radius 2 is 2.05 bits per heavy atom. The highest BCUT2D eigenvalue weighted by atomic mass is 32.2. The molecule has 0 aliphatic heterocycles. The minimum absolute atomic E-state index is 0.705. The molecule has 5 nitrogen and oxygen atoms in total. The molecule has 0 spiro atoms. The first-order valence-electron chi connectivity index (χ1n) is 5.95. The van der Waals surface area contributed by atoms with Crippen LogP contribution in [0, 0.1) is 0 Å². The number of hydrogen-bond acceptors (Lipinski definition) is 5. The van der Waals surface area contributed by atoms with Crippen LogP contribution >= 0.6 is 11.8 Å². The fourth-order valence-electron chi connectivity index (χ4n) is 1.87. The number of nitrogen functional groups attached to an aromatic ring is 1. The number of thioether (sulfide) groups is 1. The van der Waals surface area contributed by atoms with Crippen LogP contribution in [0.5, 0.6) is 0 Å². The number of anilines is 1. The van der Waals surface area contributed by atoms with Crippen molar-refractivity contribution >= 4 is 28.6 Å². The van der Waals surface area contributed by atoms with Gasteiger partial charge in [0, 0.05) is 11.4 Å². The first-order chi connectivity index (χ1) is 9.34. The normalized spacial score (nSPS) is 10.9. The van der Waals surface area contributed by atoms with Gasteiger partial charge in [-0.3, -0.25) is 0 Å². The van der Waals surface area contributed by atoms with Crippen molar-refractivity contribution < 1.29 is 0 Å². The Balaban J connectivity index is 1.70. The van der Waals surface area contributed by atoms with Crippen molar-refractivity contribution in [3.05, 3.63) is 42.5 Å². The van der Waals surface area contributed by atoms with E-state index < -0.39 is 0 Å². The molecule has 1 aromatic carbocycles. The number of fused-ring (bicyclic) bond motifs is 1. The van der Waals surface area contributed by atoms with Gasteiger partial charge in [0.2, 0.25) is 0 Å². The summed E-state index contributed by atoms with van der Waals surface area (Å²) in [6.07, 6.45) is 4.10. The SMILES string of the molecule is Nc1ccccc1CCSc1ncnc2nc[nH]c12. The van der Waals surface area contributed by atoms with Gasteiger partial charge >= 0.3 is 0 Å². The predicted molar refractivity (Wildman–Crippen MR) is 77.0 cm³/mol. The number of nitrogens with two attached hydrogens (primary N) is 1. The number of para-hydroxylation sites is 1. The molecule has 0 saturated carbocycles. The van der Waals surface area contributed by atoms with Crippen LogP contribution in [-0.2, 0) is 6.42 Å². The Morgan fingerprint density at radius 3 is 2.95 bits per heavy atom. The fraction of sp³-hybridized carbons (Fsp3) is 0.154. The van der Waals surface area contributed by atoms with Gasteiger partial charge in [0.1, 0.15) is 16.9 Å². The first kappa shape index (κ1) is 12.0. The number of nitrogens with one attached hydrogen (secondary N) is 1. The van der Waals surface area contributed by atoms with Crippen LogP contribution in [0.25, 0.3) is 11.2 Å². The summed E-state index contributed by atoms with van der Waals surface area (Å²) >= 11 is 1.68. The number of benzene rings is 1. The van der Waals surface area contributed by atoms with Gasteiger partial charge in [-0.2, -0.15) is 0 Å². The van der Waals surface area contributed by atoms with Crippen LogP contribution in [0.2, 0.25) is 0 Å². The molecule has 3 aromatic rings. The lowest BCUT2D eigenvalue weighted by molar-refractivity contribution is 1.08. The van der Waals surface area contributed by atoms with E-state index in [1.54, 1.807) is 24.4 Å². The van der Waals surface area contributed by atoms with E-state index in [9.17, 15) is 0 Å². The summed E-state index contributed by atoms with van der Waals surface area (Å²) in [4.78, 5) is 15.6. The number of hydrogen-bond donors (Lipinski definition) is 2. The fourth-order valence-corrected chi connectivity index (χ4v) is 2.80. The number of aryl methyl sites for hydroxylation is 1. The van der Waals surface area contributed by atoms with E-state index in [0.29, 0.717) is 5.65 Å². The summed E-state index contributed by atoms with van der Waals surface area (Å²) in [6, 6.07) is 7.94. The summed E-state index contributed by atoms with van der Waals surface area (Å²) in [5.74, 6) is 0.916. The van der Waals surface area contributed by atoms with E-state index in [2.05, 4.69) is 26.0 Å². The molecule has 6 heteroatoms. The molecule has 2 heterocycles. The molecule has 2 aromatic heterocycles. The highest BCUT2D eigenvalue weighted by Gasteiger charge is 2.06. The van der Waals surface area contributed by atoms with E-state index in [4.69, 9.17) is 5.73 Å². The van der Waals surface area contributed by atoms with Gasteiger partial charge in [-0.1, -0.05) is 18.2 Å².